The van der Waals surface area contributed by atoms with Gasteiger partial charge in [0.25, 0.3) is 0 Å². The summed E-state index contributed by atoms with van der Waals surface area (Å²) >= 11 is 0. The van der Waals surface area contributed by atoms with Crippen LogP contribution in [0.1, 0.15) is 71.6 Å². The molecule has 6 heteroatoms. The van der Waals surface area contributed by atoms with Crippen LogP contribution < -0.4 is 0 Å². The lowest BCUT2D eigenvalue weighted by molar-refractivity contribution is -0.164. The third kappa shape index (κ3) is 11.8. The summed E-state index contributed by atoms with van der Waals surface area (Å²) in [6.45, 7) is 3.29. The molecular weight excluding hydrogens is 300 g/mol. The van der Waals surface area contributed by atoms with Gasteiger partial charge in [0, 0.05) is 12.8 Å². The van der Waals surface area contributed by atoms with Crippen LogP contribution >= 0.6 is 0 Å². The van der Waals surface area contributed by atoms with Crippen LogP contribution in [0.5, 0.6) is 0 Å². The second-order valence-corrected chi connectivity index (χ2v) is 5.58. The van der Waals surface area contributed by atoms with Gasteiger partial charge in [0.15, 0.2) is 6.10 Å². The van der Waals surface area contributed by atoms with Gasteiger partial charge >= 0.3 is 11.9 Å². The number of ketones is 1. The van der Waals surface area contributed by atoms with Crippen molar-refractivity contribution >= 4 is 17.7 Å². The summed E-state index contributed by atoms with van der Waals surface area (Å²) in [5.74, 6) is -1.95. The summed E-state index contributed by atoms with van der Waals surface area (Å²) < 4.78 is 9.83. The smallest absolute Gasteiger partial charge is 0.374 e. The number of carbonyl (C=O) groups is 3. The Morgan fingerprint density at radius 2 is 1.57 bits per heavy atom. The van der Waals surface area contributed by atoms with E-state index in [0.717, 1.165) is 38.5 Å². The maximum Gasteiger partial charge on any atom is 0.374 e. The number of hydrogen-bond acceptors (Lipinski definition) is 6. The predicted octanol–water partition coefficient (Wildman–Crippen LogP) is 2.55. The molecule has 23 heavy (non-hydrogen) atoms. The molecule has 0 amide bonds. The van der Waals surface area contributed by atoms with Crippen molar-refractivity contribution in [1.29, 1.82) is 0 Å². The molecule has 1 unspecified atom stereocenters. The van der Waals surface area contributed by atoms with Crippen LogP contribution in [0.25, 0.3) is 0 Å². The molecule has 0 aromatic heterocycles. The number of Topliss-reactive ketones (excluding diaryl/α,β-unsaturated/α-hetero) is 1. The van der Waals surface area contributed by atoms with Crippen molar-refractivity contribution in [1.82, 2.24) is 0 Å². The van der Waals surface area contributed by atoms with E-state index in [9.17, 15) is 14.4 Å². The maximum atomic E-state index is 11.6. The van der Waals surface area contributed by atoms with Crippen LogP contribution in [-0.2, 0) is 23.9 Å². The second kappa shape index (κ2) is 14.2. The Bertz CT molecular complexity index is 353. The molecule has 0 aromatic carbocycles. The van der Waals surface area contributed by atoms with Crippen molar-refractivity contribution in [2.75, 3.05) is 13.2 Å². The molecule has 0 radical (unpaired) electrons. The SMILES string of the molecule is CCCCCCCC(=O)OC(CO)COC(=O)C(=O)CCCC. The van der Waals surface area contributed by atoms with E-state index in [-0.39, 0.29) is 19.4 Å². The first kappa shape index (κ1) is 21.6. The van der Waals surface area contributed by atoms with Gasteiger partial charge in [-0.25, -0.2) is 4.79 Å². The average molecular weight is 330 g/mol. The van der Waals surface area contributed by atoms with Crippen molar-refractivity contribution in [3.8, 4) is 0 Å². The van der Waals surface area contributed by atoms with E-state index in [1.807, 2.05) is 6.92 Å². The molecule has 0 spiro atoms. The van der Waals surface area contributed by atoms with E-state index >= 15 is 0 Å². The van der Waals surface area contributed by atoms with Gasteiger partial charge in [-0.05, 0) is 12.8 Å². The van der Waals surface area contributed by atoms with Crippen molar-refractivity contribution in [2.24, 2.45) is 0 Å². The minimum atomic E-state index is -0.937. The van der Waals surface area contributed by atoms with Gasteiger partial charge in [-0.2, -0.15) is 0 Å². The highest BCUT2D eigenvalue weighted by Gasteiger charge is 2.19. The average Bonchev–Trinajstić information content (AvgIpc) is 2.55. The van der Waals surface area contributed by atoms with Gasteiger partial charge in [-0.1, -0.05) is 46.0 Å². The van der Waals surface area contributed by atoms with Gasteiger partial charge in [0.2, 0.25) is 5.78 Å². The number of carbonyl (C=O) groups excluding carboxylic acids is 3. The predicted molar refractivity (Wildman–Crippen MR) is 85.8 cm³/mol. The Morgan fingerprint density at radius 3 is 2.17 bits per heavy atom. The molecule has 134 valence electrons. The fourth-order valence-corrected chi connectivity index (χ4v) is 1.93. The summed E-state index contributed by atoms with van der Waals surface area (Å²) in [4.78, 5) is 34.5. The minimum Gasteiger partial charge on any atom is -0.456 e. The highest BCUT2D eigenvalue weighted by atomic mass is 16.6. The zero-order chi connectivity index (χ0) is 17.5. The third-order valence-corrected chi connectivity index (χ3v) is 3.37. The zero-order valence-electron chi connectivity index (χ0n) is 14.3. The summed E-state index contributed by atoms with van der Waals surface area (Å²) in [5, 5.41) is 9.16. The largest absolute Gasteiger partial charge is 0.456 e. The molecule has 0 aliphatic rings. The molecule has 0 saturated carbocycles. The normalized spacial score (nSPS) is 11.8. The summed E-state index contributed by atoms with van der Waals surface area (Å²) in [6.07, 6.45) is 6.04. The molecular formula is C17H30O6. The van der Waals surface area contributed by atoms with Crippen LogP contribution in [0.3, 0.4) is 0 Å². The van der Waals surface area contributed by atoms with E-state index in [1.54, 1.807) is 0 Å². The highest BCUT2D eigenvalue weighted by molar-refractivity contribution is 6.33. The number of esters is 2. The Kier molecular flexibility index (Phi) is 13.3. The number of ether oxygens (including phenoxy) is 2. The summed E-state index contributed by atoms with van der Waals surface area (Å²) in [7, 11) is 0. The summed E-state index contributed by atoms with van der Waals surface area (Å²) in [5.41, 5.74) is 0. The van der Waals surface area contributed by atoms with Crippen LogP contribution in [0.2, 0.25) is 0 Å². The van der Waals surface area contributed by atoms with Crippen LogP contribution in [0.4, 0.5) is 0 Å². The number of hydrogen-bond donors (Lipinski definition) is 1. The van der Waals surface area contributed by atoms with E-state index in [1.165, 1.54) is 0 Å². The topological polar surface area (TPSA) is 89.9 Å². The molecule has 0 rings (SSSR count). The highest BCUT2D eigenvalue weighted by Crippen LogP contribution is 2.07. The molecule has 0 bridgehead atoms. The maximum absolute atomic E-state index is 11.6. The van der Waals surface area contributed by atoms with Gasteiger partial charge < -0.3 is 14.6 Å². The lowest BCUT2D eigenvalue weighted by Crippen LogP contribution is -2.30. The first-order valence-corrected chi connectivity index (χ1v) is 8.55. The van der Waals surface area contributed by atoms with E-state index in [4.69, 9.17) is 14.6 Å². The van der Waals surface area contributed by atoms with Gasteiger partial charge in [-0.15, -0.1) is 0 Å². The first-order valence-electron chi connectivity index (χ1n) is 8.55. The van der Waals surface area contributed by atoms with Gasteiger partial charge in [0.1, 0.15) is 6.61 Å². The third-order valence-electron chi connectivity index (χ3n) is 3.37. The number of aliphatic hydroxyl groups is 1. The van der Waals surface area contributed by atoms with E-state index < -0.39 is 30.4 Å². The number of aliphatic hydroxyl groups excluding tert-OH is 1. The molecule has 6 nitrogen and oxygen atoms in total. The molecule has 0 aliphatic carbocycles. The van der Waals surface area contributed by atoms with Crippen molar-refractivity contribution in [2.45, 2.75) is 77.7 Å². The lowest BCUT2D eigenvalue weighted by Gasteiger charge is -2.15. The fraction of sp³-hybridized carbons (Fsp3) is 0.824. The van der Waals surface area contributed by atoms with Crippen molar-refractivity contribution in [3.63, 3.8) is 0 Å². The molecule has 0 fully saturated rings. The zero-order valence-corrected chi connectivity index (χ0v) is 14.3. The molecule has 0 heterocycles. The molecule has 1 N–H and O–H groups in total. The standard InChI is InChI=1S/C17H30O6/c1-3-5-7-8-9-11-16(20)23-14(12-18)13-22-17(21)15(19)10-6-4-2/h14,18H,3-13H2,1-2H3. The Morgan fingerprint density at radius 1 is 0.913 bits per heavy atom. The van der Waals surface area contributed by atoms with Crippen LogP contribution in [0, 0.1) is 0 Å². The monoisotopic (exact) mass is 330 g/mol. The van der Waals surface area contributed by atoms with Gasteiger partial charge in [0.05, 0.1) is 6.61 Å². The van der Waals surface area contributed by atoms with Crippen molar-refractivity contribution < 1.29 is 29.0 Å². The molecule has 0 saturated heterocycles. The molecule has 0 aliphatic heterocycles. The second-order valence-electron chi connectivity index (χ2n) is 5.58. The quantitative estimate of drug-likeness (QED) is 0.299. The fourth-order valence-electron chi connectivity index (χ4n) is 1.93. The van der Waals surface area contributed by atoms with Gasteiger partial charge in [-0.3, -0.25) is 9.59 Å². The minimum absolute atomic E-state index is 0.149. The van der Waals surface area contributed by atoms with Crippen LogP contribution in [0.15, 0.2) is 0 Å². The Balaban J connectivity index is 3.94. The lowest BCUT2D eigenvalue weighted by atomic mass is 10.1. The van der Waals surface area contributed by atoms with Crippen LogP contribution in [-0.4, -0.2) is 42.1 Å². The van der Waals surface area contributed by atoms with E-state index in [2.05, 4.69) is 6.92 Å². The Hall–Kier alpha value is -1.43. The molecule has 0 aromatic rings. The molecule has 1 atom stereocenters. The number of unbranched alkanes of at least 4 members (excludes halogenated alkanes) is 5. The number of rotatable bonds is 14. The summed E-state index contributed by atoms with van der Waals surface area (Å²) in [6, 6.07) is 0. The Labute approximate surface area is 138 Å². The first-order chi connectivity index (χ1) is 11.0. The van der Waals surface area contributed by atoms with E-state index in [0.29, 0.717) is 6.42 Å². The van der Waals surface area contributed by atoms with Crippen molar-refractivity contribution in [3.05, 3.63) is 0 Å².